The molecule has 0 aliphatic rings. The van der Waals surface area contributed by atoms with Crippen LogP contribution in [0.2, 0.25) is 0 Å². The van der Waals surface area contributed by atoms with Gasteiger partial charge in [-0.3, -0.25) is 9.36 Å². The highest BCUT2D eigenvalue weighted by molar-refractivity contribution is 8.00. The number of ether oxygens (including phenoxy) is 1. The standard InChI is InChI=1S/C28H28N4O2S/c1-5-15-32-26(23-13-9-10-14-24(23)34-4)30-31-28(32)35-25(21-11-7-6-8-12-21)27(33)29-22-17-19(2)16-20(3)18-22/h5-14,16-18,25H,1,15H2,2-4H3,(H,29,33)/t25-/m0/s1. The summed E-state index contributed by atoms with van der Waals surface area (Å²) in [4.78, 5) is 13.6. The van der Waals surface area contributed by atoms with Crippen LogP contribution in [-0.4, -0.2) is 27.8 Å². The molecule has 3 aromatic carbocycles. The number of allylic oxidation sites excluding steroid dienone is 1. The molecular formula is C28H28N4O2S. The molecule has 4 aromatic rings. The fraction of sp³-hybridized carbons (Fsp3) is 0.179. The zero-order valence-electron chi connectivity index (χ0n) is 20.1. The summed E-state index contributed by atoms with van der Waals surface area (Å²) in [6.07, 6.45) is 1.79. The van der Waals surface area contributed by atoms with Crippen molar-refractivity contribution in [3.8, 4) is 17.1 Å². The smallest absolute Gasteiger partial charge is 0.242 e. The van der Waals surface area contributed by atoms with Crippen molar-refractivity contribution in [3.63, 3.8) is 0 Å². The van der Waals surface area contributed by atoms with Crippen molar-refractivity contribution < 1.29 is 9.53 Å². The van der Waals surface area contributed by atoms with E-state index in [0.29, 0.717) is 23.3 Å². The van der Waals surface area contributed by atoms with Gasteiger partial charge in [0.2, 0.25) is 5.91 Å². The van der Waals surface area contributed by atoms with E-state index in [2.05, 4.69) is 28.2 Å². The van der Waals surface area contributed by atoms with Gasteiger partial charge in [0.05, 0.1) is 12.7 Å². The number of methoxy groups -OCH3 is 1. The van der Waals surface area contributed by atoms with Crippen molar-refractivity contribution in [2.24, 2.45) is 0 Å². The molecule has 6 nitrogen and oxygen atoms in total. The molecule has 35 heavy (non-hydrogen) atoms. The SMILES string of the molecule is C=CCn1c(S[C@H](C(=O)Nc2cc(C)cc(C)c2)c2ccccc2)nnc1-c1ccccc1OC. The summed E-state index contributed by atoms with van der Waals surface area (Å²) in [6, 6.07) is 23.4. The molecule has 1 atom stereocenters. The van der Waals surface area contributed by atoms with Gasteiger partial charge in [0, 0.05) is 12.2 Å². The molecule has 0 saturated heterocycles. The third-order valence-electron chi connectivity index (χ3n) is 5.43. The number of rotatable bonds is 9. The summed E-state index contributed by atoms with van der Waals surface area (Å²) in [5.41, 5.74) is 4.67. The lowest BCUT2D eigenvalue weighted by Crippen LogP contribution is -2.19. The first-order valence-electron chi connectivity index (χ1n) is 11.3. The first-order chi connectivity index (χ1) is 17.0. The number of thioether (sulfide) groups is 1. The van der Waals surface area contributed by atoms with Crippen molar-refractivity contribution >= 4 is 23.4 Å². The van der Waals surface area contributed by atoms with E-state index in [1.165, 1.54) is 11.8 Å². The third-order valence-corrected chi connectivity index (χ3v) is 6.66. The Balaban J connectivity index is 1.71. The highest BCUT2D eigenvalue weighted by Crippen LogP contribution is 2.38. The molecule has 0 radical (unpaired) electrons. The van der Waals surface area contributed by atoms with Gasteiger partial charge in [-0.1, -0.05) is 66.4 Å². The lowest BCUT2D eigenvalue weighted by Gasteiger charge is -2.18. The molecule has 0 bridgehead atoms. The minimum absolute atomic E-state index is 0.127. The molecule has 7 heteroatoms. The average molecular weight is 485 g/mol. The van der Waals surface area contributed by atoms with Crippen LogP contribution in [0, 0.1) is 13.8 Å². The summed E-state index contributed by atoms with van der Waals surface area (Å²) in [5.74, 6) is 1.23. The second-order valence-electron chi connectivity index (χ2n) is 8.18. The van der Waals surface area contributed by atoms with E-state index in [0.717, 1.165) is 27.9 Å². The molecule has 0 saturated carbocycles. The number of aryl methyl sites for hydroxylation is 2. The van der Waals surface area contributed by atoms with Gasteiger partial charge >= 0.3 is 0 Å². The van der Waals surface area contributed by atoms with Crippen LogP contribution in [0.5, 0.6) is 5.75 Å². The fourth-order valence-electron chi connectivity index (χ4n) is 3.96. The van der Waals surface area contributed by atoms with E-state index in [1.54, 1.807) is 13.2 Å². The highest BCUT2D eigenvalue weighted by atomic mass is 32.2. The molecule has 0 spiro atoms. The van der Waals surface area contributed by atoms with Gasteiger partial charge in [-0.25, -0.2) is 0 Å². The molecule has 1 aromatic heterocycles. The van der Waals surface area contributed by atoms with Crippen molar-refractivity contribution in [1.29, 1.82) is 0 Å². The predicted octanol–water partition coefficient (Wildman–Crippen LogP) is 6.23. The van der Waals surface area contributed by atoms with E-state index < -0.39 is 5.25 Å². The molecule has 0 aliphatic carbocycles. The van der Waals surface area contributed by atoms with E-state index in [-0.39, 0.29) is 5.91 Å². The largest absolute Gasteiger partial charge is 0.496 e. The number of aromatic nitrogens is 3. The zero-order valence-corrected chi connectivity index (χ0v) is 20.9. The third kappa shape index (κ3) is 5.63. The molecule has 1 heterocycles. The van der Waals surface area contributed by atoms with Crippen molar-refractivity contribution in [2.75, 3.05) is 12.4 Å². The number of nitrogens with one attached hydrogen (secondary N) is 1. The normalized spacial score (nSPS) is 11.6. The van der Waals surface area contributed by atoms with Gasteiger partial charge in [0.15, 0.2) is 11.0 Å². The maximum Gasteiger partial charge on any atom is 0.242 e. The van der Waals surface area contributed by atoms with E-state index >= 15 is 0 Å². The predicted molar refractivity (Wildman–Crippen MR) is 142 cm³/mol. The second kappa shape index (κ2) is 11.1. The van der Waals surface area contributed by atoms with Crippen LogP contribution in [0.25, 0.3) is 11.4 Å². The van der Waals surface area contributed by atoms with Gasteiger partial charge in [-0.05, 0) is 54.8 Å². The van der Waals surface area contributed by atoms with Gasteiger partial charge in [-0.15, -0.1) is 16.8 Å². The van der Waals surface area contributed by atoms with Gasteiger partial charge in [0.1, 0.15) is 11.0 Å². The van der Waals surface area contributed by atoms with E-state index in [4.69, 9.17) is 4.74 Å². The van der Waals surface area contributed by atoms with E-state index in [9.17, 15) is 4.79 Å². The van der Waals surface area contributed by atoms with Crippen LogP contribution < -0.4 is 10.1 Å². The fourth-order valence-corrected chi connectivity index (χ4v) is 5.01. The Morgan fingerprint density at radius 3 is 2.43 bits per heavy atom. The Kier molecular flexibility index (Phi) is 7.67. The molecule has 0 unspecified atom stereocenters. The second-order valence-corrected chi connectivity index (χ2v) is 9.25. The van der Waals surface area contributed by atoms with Crippen LogP contribution in [0.15, 0.2) is 90.6 Å². The number of para-hydroxylation sites is 1. The quantitative estimate of drug-likeness (QED) is 0.225. The number of anilines is 1. The molecule has 1 N–H and O–H groups in total. The Morgan fingerprint density at radius 2 is 1.74 bits per heavy atom. The first-order valence-corrected chi connectivity index (χ1v) is 12.2. The Bertz CT molecular complexity index is 1310. The minimum Gasteiger partial charge on any atom is -0.496 e. The monoisotopic (exact) mass is 484 g/mol. The van der Waals surface area contributed by atoms with Crippen LogP contribution in [0.1, 0.15) is 21.9 Å². The topological polar surface area (TPSA) is 69.0 Å². The number of amides is 1. The molecule has 178 valence electrons. The van der Waals surface area contributed by atoms with Crippen molar-refractivity contribution in [1.82, 2.24) is 14.8 Å². The molecule has 0 fully saturated rings. The van der Waals surface area contributed by atoms with Crippen LogP contribution >= 0.6 is 11.8 Å². The molecule has 1 amide bonds. The minimum atomic E-state index is -0.532. The van der Waals surface area contributed by atoms with Crippen LogP contribution in [-0.2, 0) is 11.3 Å². The summed E-state index contributed by atoms with van der Waals surface area (Å²) in [5, 5.41) is 12.1. The number of hydrogen-bond acceptors (Lipinski definition) is 5. The summed E-state index contributed by atoms with van der Waals surface area (Å²) in [6.45, 7) is 8.43. The number of hydrogen-bond donors (Lipinski definition) is 1. The average Bonchev–Trinajstić information content (AvgIpc) is 3.24. The number of nitrogens with zero attached hydrogens (tertiary/aromatic N) is 3. The summed E-state index contributed by atoms with van der Waals surface area (Å²) < 4.78 is 7.49. The summed E-state index contributed by atoms with van der Waals surface area (Å²) >= 11 is 1.36. The Labute approximate surface area is 210 Å². The maximum atomic E-state index is 13.6. The van der Waals surface area contributed by atoms with Gasteiger partial charge in [-0.2, -0.15) is 0 Å². The van der Waals surface area contributed by atoms with Crippen LogP contribution in [0.4, 0.5) is 5.69 Å². The zero-order chi connectivity index (χ0) is 24.8. The first kappa shape index (κ1) is 24.3. The summed E-state index contributed by atoms with van der Waals surface area (Å²) in [7, 11) is 1.63. The highest BCUT2D eigenvalue weighted by Gasteiger charge is 2.26. The van der Waals surface area contributed by atoms with E-state index in [1.807, 2.05) is 85.1 Å². The number of carbonyl (C=O) groups excluding carboxylic acids is 1. The van der Waals surface area contributed by atoms with Crippen molar-refractivity contribution in [3.05, 3.63) is 102 Å². The van der Waals surface area contributed by atoms with Crippen LogP contribution in [0.3, 0.4) is 0 Å². The van der Waals surface area contributed by atoms with Gasteiger partial charge in [0.25, 0.3) is 0 Å². The molecular weight excluding hydrogens is 456 g/mol. The lowest BCUT2D eigenvalue weighted by molar-refractivity contribution is -0.115. The molecule has 0 aliphatic heterocycles. The Morgan fingerprint density at radius 1 is 1.06 bits per heavy atom. The maximum absolute atomic E-state index is 13.6. The number of carbonyl (C=O) groups is 1. The van der Waals surface area contributed by atoms with Crippen molar-refractivity contribution in [2.45, 2.75) is 30.8 Å². The number of benzene rings is 3. The molecule has 4 rings (SSSR count). The Hall–Kier alpha value is -3.84. The lowest BCUT2D eigenvalue weighted by atomic mass is 10.1. The van der Waals surface area contributed by atoms with Gasteiger partial charge < -0.3 is 10.1 Å².